The molecule has 0 radical (unpaired) electrons. The van der Waals surface area contributed by atoms with E-state index in [9.17, 15) is 14.4 Å². The summed E-state index contributed by atoms with van der Waals surface area (Å²) in [4.78, 5) is 38.8. The number of fused-ring (bicyclic) bond motifs is 1. The molecule has 4 aliphatic rings. The number of aryl methyl sites for hydroxylation is 1. The Balaban J connectivity index is 1.48. The summed E-state index contributed by atoms with van der Waals surface area (Å²) in [5.41, 5.74) is 1.72. The molecule has 5 rings (SSSR count). The van der Waals surface area contributed by atoms with Crippen LogP contribution in [0.15, 0.2) is 36.4 Å². The van der Waals surface area contributed by atoms with Crippen molar-refractivity contribution < 1.29 is 14.4 Å². The molecule has 0 spiro atoms. The minimum Gasteiger partial charge on any atom is -0.325 e. The zero-order valence-electron chi connectivity index (χ0n) is 13.6. The standard InChI is InChI=1S/C19H20N2O3/c1-11-3-2-4-14(9-11)20-15(22)10-21-18(23)16-12-5-6-13(8-7-12)17(16)19(21)24/h2-6,9,12-13,16-17H,7-8,10H2,1H3,(H,20,22)/t12-,13-,16+,17+/m0/s1. The highest BCUT2D eigenvalue weighted by Crippen LogP contribution is 2.49. The lowest BCUT2D eigenvalue weighted by atomic mass is 9.63. The molecular weight excluding hydrogens is 304 g/mol. The van der Waals surface area contributed by atoms with Crippen LogP contribution in [0.5, 0.6) is 0 Å². The predicted molar refractivity (Wildman–Crippen MR) is 88.9 cm³/mol. The predicted octanol–water partition coefficient (Wildman–Crippen LogP) is 2.13. The summed E-state index contributed by atoms with van der Waals surface area (Å²) in [6.07, 6.45) is 6.09. The Morgan fingerprint density at radius 1 is 1.12 bits per heavy atom. The van der Waals surface area contributed by atoms with Gasteiger partial charge in [0.2, 0.25) is 17.7 Å². The highest BCUT2D eigenvalue weighted by molar-refractivity contribution is 6.09. The third-order valence-electron chi connectivity index (χ3n) is 5.45. The van der Waals surface area contributed by atoms with E-state index in [0.717, 1.165) is 18.4 Å². The summed E-state index contributed by atoms with van der Waals surface area (Å²) >= 11 is 0. The number of amides is 3. The number of likely N-dealkylation sites (tertiary alicyclic amines) is 1. The number of allylic oxidation sites excluding steroid dienone is 2. The molecule has 1 aromatic carbocycles. The number of imide groups is 1. The highest BCUT2D eigenvalue weighted by atomic mass is 16.2. The summed E-state index contributed by atoms with van der Waals surface area (Å²) in [5, 5.41) is 2.77. The van der Waals surface area contributed by atoms with Crippen molar-refractivity contribution in [3.05, 3.63) is 42.0 Å². The average Bonchev–Trinajstić information content (AvgIpc) is 2.83. The third kappa shape index (κ3) is 2.35. The van der Waals surface area contributed by atoms with Gasteiger partial charge in [-0.15, -0.1) is 0 Å². The van der Waals surface area contributed by atoms with Gasteiger partial charge in [-0.1, -0.05) is 24.3 Å². The maximum absolute atomic E-state index is 12.7. The lowest BCUT2D eigenvalue weighted by molar-refractivity contribution is -0.142. The van der Waals surface area contributed by atoms with Gasteiger partial charge in [-0.25, -0.2) is 0 Å². The Hall–Kier alpha value is -2.43. The van der Waals surface area contributed by atoms with Gasteiger partial charge in [0.15, 0.2) is 0 Å². The normalized spacial score (nSPS) is 30.6. The molecule has 1 saturated heterocycles. The highest BCUT2D eigenvalue weighted by Gasteiger charge is 2.56. The smallest absolute Gasteiger partial charge is 0.244 e. The van der Waals surface area contributed by atoms with Gasteiger partial charge in [-0.3, -0.25) is 19.3 Å². The summed E-state index contributed by atoms with van der Waals surface area (Å²) in [6, 6.07) is 7.45. The molecule has 3 aliphatic carbocycles. The van der Waals surface area contributed by atoms with Gasteiger partial charge in [0.25, 0.3) is 0 Å². The zero-order valence-corrected chi connectivity index (χ0v) is 13.6. The van der Waals surface area contributed by atoms with Crippen LogP contribution in [0.25, 0.3) is 0 Å². The molecule has 0 aromatic heterocycles. The number of carbonyl (C=O) groups excluding carboxylic acids is 3. The van der Waals surface area contributed by atoms with E-state index in [4.69, 9.17) is 0 Å². The maximum Gasteiger partial charge on any atom is 0.244 e. The Morgan fingerprint density at radius 3 is 2.29 bits per heavy atom. The Kier molecular flexibility index (Phi) is 3.52. The van der Waals surface area contributed by atoms with Crippen molar-refractivity contribution in [3.8, 4) is 0 Å². The molecule has 4 atom stereocenters. The van der Waals surface area contributed by atoms with Crippen LogP contribution in [0, 0.1) is 30.6 Å². The first-order chi connectivity index (χ1) is 11.5. The number of nitrogens with one attached hydrogen (secondary N) is 1. The first-order valence-corrected chi connectivity index (χ1v) is 8.44. The molecule has 2 fully saturated rings. The van der Waals surface area contributed by atoms with E-state index >= 15 is 0 Å². The minimum absolute atomic E-state index is 0.154. The number of rotatable bonds is 3. The second-order valence-corrected chi connectivity index (χ2v) is 7.02. The van der Waals surface area contributed by atoms with Gasteiger partial charge < -0.3 is 5.32 Å². The molecule has 5 nitrogen and oxygen atoms in total. The molecule has 124 valence electrons. The summed E-state index contributed by atoms with van der Waals surface area (Å²) in [5.74, 6) is -0.892. The summed E-state index contributed by atoms with van der Waals surface area (Å²) < 4.78 is 0. The molecular formula is C19H20N2O3. The lowest BCUT2D eigenvalue weighted by Gasteiger charge is -2.38. The third-order valence-corrected chi connectivity index (χ3v) is 5.45. The first kappa shape index (κ1) is 15.1. The molecule has 24 heavy (non-hydrogen) atoms. The van der Waals surface area contributed by atoms with Crippen LogP contribution < -0.4 is 5.32 Å². The molecule has 1 heterocycles. The average molecular weight is 324 g/mol. The van der Waals surface area contributed by atoms with Crippen molar-refractivity contribution in [2.45, 2.75) is 19.8 Å². The Morgan fingerprint density at radius 2 is 1.75 bits per heavy atom. The van der Waals surface area contributed by atoms with E-state index in [2.05, 4.69) is 17.5 Å². The van der Waals surface area contributed by atoms with E-state index in [-0.39, 0.29) is 47.9 Å². The fourth-order valence-electron chi connectivity index (χ4n) is 4.36. The van der Waals surface area contributed by atoms with E-state index in [1.54, 1.807) is 6.07 Å². The molecule has 1 aliphatic heterocycles. The molecule has 2 bridgehead atoms. The van der Waals surface area contributed by atoms with E-state index < -0.39 is 0 Å². The lowest BCUT2D eigenvalue weighted by Crippen LogP contribution is -2.38. The minimum atomic E-state index is -0.332. The van der Waals surface area contributed by atoms with Gasteiger partial charge in [-0.05, 0) is 49.3 Å². The number of hydrogen-bond acceptors (Lipinski definition) is 3. The number of carbonyl (C=O) groups is 3. The maximum atomic E-state index is 12.7. The topological polar surface area (TPSA) is 66.5 Å². The van der Waals surface area contributed by atoms with Crippen LogP contribution in [0.2, 0.25) is 0 Å². The second-order valence-electron chi connectivity index (χ2n) is 7.02. The van der Waals surface area contributed by atoms with E-state index in [1.165, 1.54) is 4.90 Å². The molecule has 1 N–H and O–H groups in total. The molecule has 1 saturated carbocycles. The van der Waals surface area contributed by atoms with Crippen LogP contribution in [0.1, 0.15) is 18.4 Å². The van der Waals surface area contributed by atoms with Crippen LogP contribution in [-0.2, 0) is 14.4 Å². The van der Waals surface area contributed by atoms with Crippen molar-refractivity contribution >= 4 is 23.4 Å². The van der Waals surface area contributed by atoms with Gasteiger partial charge >= 0.3 is 0 Å². The zero-order chi connectivity index (χ0) is 16.8. The van der Waals surface area contributed by atoms with E-state index in [1.807, 2.05) is 25.1 Å². The fraction of sp³-hybridized carbons (Fsp3) is 0.421. The van der Waals surface area contributed by atoms with Crippen LogP contribution in [-0.4, -0.2) is 29.2 Å². The SMILES string of the molecule is Cc1cccc(NC(=O)CN2C(=O)[C@H]3[C@H](C2=O)[C@H]2C=C[C@H]3CC2)c1. The van der Waals surface area contributed by atoms with Crippen molar-refractivity contribution in [2.75, 3.05) is 11.9 Å². The number of benzene rings is 1. The van der Waals surface area contributed by atoms with Crippen LogP contribution in [0.4, 0.5) is 5.69 Å². The van der Waals surface area contributed by atoms with Gasteiger partial charge in [0.1, 0.15) is 6.54 Å². The van der Waals surface area contributed by atoms with Gasteiger partial charge in [0, 0.05) is 5.69 Å². The van der Waals surface area contributed by atoms with Crippen LogP contribution >= 0.6 is 0 Å². The fourth-order valence-corrected chi connectivity index (χ4v) is 4.36. The number of hydrogen-bond donors (Lipinski definition) is 1. The summed E-state index contributed by atoms with van der Waals surface area (Å²) in [7, 11) is 0. The Labute approximate surface area is 140 Å². The largest absolute Gasteiger partial charge is 0.325 e. The summed E-state index contributed by atoms with van der Waals surface area (Å²) in [6.45, 7) is 1.74. The van der Waals surface area contributed by atoms with E-state index in [0.29, 0.717) is 5.69 Å². The van der Waals surface area contributed by atoms with Crippen LogP contribution in [0.3, 0.4) is 0 Å². The quantitative estimate of drug-likeness (QED) is 0.684. The molecule has 0 unspecified atom stereocenters. The first-order valence-electron chi connectivity index (χ1n) is 8.44. The monoisotopic (exact) mass is 324 g/mol. The van der Waals surface area contributed by atoms with Crippen molar-refractivity contribution in [1.29, 1.82) is 0 Å². The molecule has 5 heteroatoms. The number of nitrogens with zero attached hydrogens (tertiary/aromatic N) is 1. The number of anilines is 1. The van der Waals surface area contributed by atoms with Crippen molar-refractivity contribution in [1.82, 2.24) is 4.90 Å². The second kappa shape index (κ2) is 5.58. The van der Waals surface area contributed by atoms with Gasteiger partial charge in [-0.2, -0.15) is 0 Å². The van der Waals surface area contributed by atoms with Gasteiger partial charge in [0.05, 0.1) is 11.8 Å². The Bertz CT molecular complexity index is 723. The van der Waals surface area contributed by atoms with Crippen molar-refractivity contribution in [3.63, 3.8) is 0 Å². The van der Waals surface area contributed by atoms with Crippen molar-refractivity contribution in [2.24, 2.45) is 23.7 Å². The molecule has 1 aromatic rings. The molecule has 3 amide bonds.